The van der Waals surface area contributed by atoms with E-state index in [9.17, 15) is 0 Å². The summed E-state index contributed by atoms with van der Waals surface area (Å²) in [5, 5.41) is 18.4. The van der Waals surface area contributed by atoms with Gasteiger partial charge in [-0.1, -0.05) is 243 Å². The SMILES string of the molecule is c1ccc2c(-c3cc(-c4ccc(-c5ccc(-c6cc(-c7c8ccccc8cc8ccccc78)nc(-c7c8ccccc8cc8ccccc78)n6)cc5)cc4)nc(-c4c5ccccc5cc5ccccc45)n3)c3ccccc3cc2c1. The maximum Gasteiger partial charge on any atom is 0.161 e. The van der Waals surface area contributed by atoms with Gasteiger partial charge in [-0.05, 0) is 134 Å². The Kier molecular flexibility index (Phi) is 10.5. The molecule has 0 fully saturated rings. The van der Waals surface area contributed by atoms with Gasteiger partial charge in [0.2, 0.25) is 0 Å². The van der Waals surface area contributed by atoms with Crippen LogP contribution in [0.3, 0.4) is 0 Å². The molecule has 370 valence electrons. The van der Waals surface area contributed by atoms with E-state index in [-0.39, 0.29) is 0 Å². The molecule has 0 spiro atoms. The largest absolute Gasteiger partial charge is 0.228 e. The van der Waals surface area contributed by atoms with Crippen LogP contribution in [0.15, 0.2) is 279 Å². The highest BCUT2D eigenvalue weighted by atomic mass is 14.9. The lowest BCUT2D eigenvalue weighted by Gasteiger charge is -2.16. The van der Waals surface area contributed by atoms with Crippen molar-refractivity contribution in [2.75, 3.05) is 0 Å². The van der Waals surface area contributed by atoms with Crippen LogP contribution in [0.25, 0.3) is 165 Å². The Labute approximate surface area is 461 Å². The minimum Gasteiger partial charge on any atom is -0.228 e. The van der Waals surface area contributed by atoms with Crippen LogP contribution in [0, 0.1) is 0 Å². The minimum absolute atomic E-state index is 0.695. The van der Waals surface area contributed by atoms with Gasteiger partial charge in [-0.3, -0.25) is 0 Å². The third kappa shape index (κ3) is 7.60. The van der Waals surface area contributed by atoms with Crippen LogP contribution in [0.1, 0.15) is 0 Å². The summed E-state index contributed by atoms with van der Waals surface area (Å²) < 4.78 is 0. The van der Waals surface area contributed by atoms with Gasteiger partial charge in [0.05, 0.1) is 22.8 Å². The Morgan fingerprint density at radius 2 is 0.362 bits per heavy atom. The molecule has 2 heterocycles. The highest BCUT2D eigenvalue weighted by Gasteiger charge is 2.22. The summed E-state index contributed by atoms with van der Waals surface area (Å²) in [7, 11) is 0. The molecular formula is C76H46N4. The van der Waals surface area contributed by atoms with Gasteiger partial charge in [0.25, 0.3) is 0 Å². The van der Waals surface area contributed by atoms with E-state index in [1.54, 1.807) is 0 Å². The molecule has 0 unspecified atom stereocenters. The smallest absolute Gasteiger partial charge is 0.161 e. The van der Waals surface area contributed by atoms with E-state index in [1.165, 1.54) is 21.5 Å². The normalized spacial score (nSPS) is 11.8. The van der Waals surface area contributed by atoms with Gasteiger partial charge >= 0.3 is 0 Å². The number of benzene rings is 14. The summed E-state index contributed by atoms with van der Waals surface area (Å²) in [5.41, 5.74) is 12.0. The quantitative estimate of drug-likeness (QED) is 0.149. The molecular weight excluding hydrogens is 969 g/mol. The second-order valence-electron chi connectivity index (χ2n) is 20.9. The maximum absolute atomic E-state index is 5.58. The molecule has 0 saturated carbocycles. The van der Waals surface area contributed by atoms with Gasteiger partial charge in [-0.25, -0.2) is 19.9 Å². The zero-order valence-corrected chi connectivity index (χ0v) is 43.3. The van der Waals surface area contributed by atoms with Gasteiger partial charge in [0, 0.05) is 33.4 Å². The van der Waals surface area contributed by atoms with Crippen molar-refractivity contribution < 1.29 is 0 Å². The molecule has 4 heteroatoms. The Bertz CT molecular complexity index is 4360. The highest BCUT2D eigenvalue weighted by Crippen LogP contribution is 2.43. The molecule has 16 aromatic rings. The molecule has 2 aromatic heterocycles. The van der Waals surface area contributed by atoms with Crippen LogP contribution in [0.2, 0.25) is 0 Å². The summed E-state index contributed by atoms with van der Waals surface area (Å²) in [4.78, 5) is 22.2. The van der Waals surface area contributed by atoms with Gasteiger partial charge in [-0.2, -0.15) is 0 Å². The highest BCUT2D eigenvalue weighted by molar-refractivity contribution is 6.16. The third-order valence-electron chi connectivity index (χ3n) is 16.2. The number of hydrogen-bond acceptors (Lipinski definition) is 4. The zero-order valence-electron chi connectivity index (χ0n) is 43.3. The molecule has 0 bridgehead atoms. The number of hydrogen-bond donors (Lipinski definition) is 0. The number of aromatic nitrogens is 4. The minimum atomic E-state index is 0.695. The second kappa shape index (κ2) is 18.5. The molecule has 0 aliphatic heterocycles. The monoisotopic (exact) mass is 1010 g/mol. The topological polar surface area (TPSA) is 51.6 Å². The first-order chi connectivity index (χ1) is 39.6. The van der Waals surface area contributed by atoms with E-state index < -0.39 is 0 Å². The summed E-state index contributed by atoms with van der Waals surface area (Å²) in [5.74, 6) is 1.39. The van der Waals surface area contributed by atoms with E-state index >= 15 is 0 Å². The lowest BCUT2D eigenvalue weighted by molar-refractivity contribution is 1.19. The molecule has 0 saturated heterocycles. The summed E-state index contributed by atoms with van der Waals surface area (Å²) in [6.45, 7) is 0. The first-order valence-electron chi connectivity index (χ1n) is 27.3. The molecule has 4 nitrogen and oxygen atoms in total. The number of rotatable bonds is 7. The third-order valence-corrected chi connectivity index (χ3v) is 16.2. The standard InChI is InChI=1S/C76H46N4/c1-9-25-59-51(17-1)41-52-18-2-10-26-60(52)71(59)69-45-67(77-75(79-69)73-63-29-13-5-21-55(63)43-56-22-6-14-30-64(56)73)49-37-33-47(34-38-49)48-35-39-50(40-36-48)68-46-70(72-61-27-11-3-19-53(61)42-54-20-4-12-28-62(54)72)80-76(78-68)74-65-31-15-7-23-57(65)44-58-24-8-16-32-66(58)74/h1-46H. The van der Waals surface area contributed by atoms with Crippen LogP contribution < -0.4 is 0 Å². The van der Waals surface area contributed by atoms with Crippen LogP contribution >= 0.6 is 0 Å². The average Bonchev–Trinajstić information content (AvgIpc) is 3.57. The van der Waals surface area contributed by atoms with Gasteiger partial charge < -0.3 is 0 Å². The summed E-state index contributed by atoms with van der Waals surface area (Å²) >= 11 is 0. The summed E-state index contributed by atoms with van der Waals surface area (Å²) in [6, 6.07) is 100. The molecule has 0 N–H and O–H groups in total. The summed E-state index contributed by atoms with van der Waals surface area (Å²) in [6.07, 6.45) is 0. The van der Waals surface area contributed by atoms with Crippen molar-refractivity contribution in [3.63, 3.8) is 0 Å². The van der Waals surface area contributed by atoms with Crippen molar-refractivity contribution in [1.29, 1.82) is 0 Å². The Morgan fingerprint density at radius 3 is 0.613 bits per heavy atom. The predicted octanol–water partition coefficient (Wildman–Crippen LogP) is 20.2. The predicted molar refractivity (Wildman–Crippen MR) is 336 cm³/mol. The molecule has 14 aromatic carbocycles. The molecule has 0 aliphatic carbocycles. The van der Waals surface area contributed by atoms with Crippen molar-refractivity contribution >= 4 is 86.2 Å². The average molecular weight is 1020 g/mol. The van der Waals surface area contributed by atoms with Crippen LogP contribution in [0.5, 0.6) is 0 Å². The van der Waals surface area contributed by atoms with Crippen molar-refractivity contribution in [2.24, 2.45) is 0 Å². The van der Waals surface area contributed by atoms with Crippen LogP contribution in [-0.2, 0) is 0 Å². The molecule has 0 atom stereocenters. The second-order valence-corrected chi connectivity index (χ2v) is 20.9. The maximum atomic E-state index is 5.58. The van der Waals surface area contributed by atoms with Gasteiger partial charge in [-0.15, -0.1) is 0 Å². The first kappa shape index (κ1) is 45.5. The fraction of sp³-hybridized carbons (Fsp3) is 0. The van der Waals surface area contributed by atoms with Crippen LogP contribution in [0.4, 0.5) is 0 Å². The van der Waals surface area contributed by atoms with E-state index in [1.807, 2.05) is 0 Å². The molecule has 0 amide bonds. The van der Waals surface area contributed by atoms with E-state index in [2.05, 4.69) is 279 Å². The lowest BCUT2D eigenvalue weighted by atomic mass is 9.93. The van der Waals surface area contributed by atoms with E-state index in [0.29, 0.717) is 11.6 Å². The van der Waals surface area contributed by atoms with Crippen molar-refractivity contribution in [2.45, 2.75) is 0 Å². The fourth-order valence-electron chi connectivity index (χ4n) is 12.4. The molecule has 16 rings (SSSR count). The van der Waals surface area contributed by atoms with E-state index in [0.717, 1.165) is 132 Å². The first-order valence-corrected chi connectivity index (χ1v) is 27.3. The lowest BCUT2D eigenvalue weighted by Crippen LogP contribution is -1.99. The van der Waals surface area contributed by atoms with E-state index in [4.69, 9.17) is 19.9 Å². The fourth-order valence-corrected chi connectivity index (χ4v) is 12.4. The van der Waals surface area contributed by atoms with Crippen LogP contribution in [-0.4, -0.2) is 19.9 Å². The number of nitrogens with zero attached hydrogens (tertiary/aromatic N) is 4. The Morgan fingerprint density at radius 1 is 0.163 bits per heavy atom. The molecule has 0 radical (unpaired) electrons. The van der Waals surface area contributed by atoms with Crippen molar-refractivity contribution in [3.8, 4) is 78.9 Å². The van der Waals surface area contributed by atoms with Crippen molar-refractivity contribution in [1.82, 2.24) is 19.9 Å². The van der Waals surface area contributed by atoms with Gasteiger partial charge in [0.15, 0.2) is 11.6 Å². The van der Waals surface area contributed by atoms with Crippen molar-refractivity contribution in [3.05, 3.63) is 279 Å². The Balaban J connectivity index is 0.838. The van der Waals surface area contributed by atoms with Gasteiger partial charge in [0.1, 0.15) is 0 Å². The zero-order chi connectivity index (χ0) is 52.7. The molecule has 80 heavy (non-hydrogen) atoms. The number of fused-ring (bicyclic) bond motifs is 8. The Hall–Kier alpha value is -10.7. The molecule has 0 aliphatic rings.